The zero-order valence-electron chi connectivity index (χ0n) is 15.2. The Morgan fingerprint density at radius 1 is 1.24 bits per heavy atom. The Morgan fingerprint density at radius 3 is 2.48 bits per heavy atom. The molecule has 5 nitrogen and oxygen atoms in total. The topological polar surface area (TPSA) is 98.0 Å². The molecule has 0 aromatic heterocycles. The van der Waals surface area contributed by atoms with Crippen molar-refractivity contribution in [1.82, 2.24) is 0 Å². The molecule has 4 aliphatic rings. The van der Waals surface area contributed by atoms with E-state index in [1.165, 1.54) is 0 Å². The number of fused-ring (bicyclic) bond motifs is 3. The number of ketones is 1. The Balaban J connectivity index is 1.99. The number of rotatable bonds is 1. The van der Waals surface area contributed by atoms with Gasteiger partial charge in [0.2, 0.25) is 0 Å². The predicted molar refractivity (Wildman–Crippen MR) is 91.4 cm³/mol. The molecular formula is C20H28O5. The first-order valence-corrected chi connectivity index (χ1v) is 9.18. The molecule has 2 bridgehead atoms. The summed E-state index contributed by atoms with van der Waals surface area (Å²) in [6.07, 6.45) is 1.34. The van der Waals surface area contributed by atoms with Gasteiger partial charge in [-0.25, -0.2) is 0 Å². The van der Waals surface area contributed by atoms with Crippen LogP contribution in [0.25, 0.3) is 0 Å². The van der Waals surface area contributed by atoms with Gasteiger partial charge in [0, 0.05) is 5.92 Å². The number of aliphatic hydroxyl groups is 4. The lowest BCUT2D eigenvalue weighted by atomic mass is 9.59. The molecule has 138 valence electrons. The average Bonchev–Trinajstić information content (AvgIpc) is 3.05. The van der Waals surface area contributed by atoms with Gasteiger partial charge in [0.25, 0.3) is 0 Å². The number of carbonyl (C=O) groups excluding carboxylic acids is 1. The number of carbonyl (C=O) groups is 1. The van der Waals surface area contributed by atoms with Gasteiger partial charge in [0.05, 0.1) is 12.0 Å². The maximum atomic E-state index is 13.7. The highest BCUT2D eigenvalue weighted by molar-refractivity contribution is 5.95. The van der Waals surface area contributed by atoms with Crippen LogP contribution in [0.3, 0.4) is 0 Å². The van der Waals surface area contributed by atoms with E-state index in [0.29, 0.717) is 11.5 Å². The van der Waals surface area contributed by atoms with Crippen molar-refractivity contribution < 1.29 is 25.2 Å². The summed E-state index contributed by atoms with van der Waals surface area (Å²) in [5.74, 6) is -0.288. The first-order chi connectivity index (χ1) is 11.5. The SMILES string of the molecule is CC1=C[C@@]23C(=O)[C@H](C=C(CO)[C@@H](O)[C@]2(O)[C@H]1O)[C@H]1[C@@H](C[C@H]3C)C1(C)C. The van der Waals surface area contributed by atoms with Gasteiger partial charge < -0.3 is 20.4 Å². The van der Waals surface area contributed by atoms with Crippen molar-refractivity contribution in [2.24, 2.45) is 34.5 Å². The second-order valence-electron chi connectivity index (χ2n) is 9.27. The average molecular weight is 348 g/mol. The van der Waals surface area contributed by atoms with Gasteiger partial charge in [-0.2, -0.15) is 0 Å². The highest BCUT2D eigenvalue weighted by atomic mass is 16.4. The molecule has 2 fully saturated rings. The third kappa shape index (κ3) is 1.71. The first kappa shape index (κ1) is 17.4. The molecular weight excluding hydrogens is 320 g/mol. The van der Waals surface area contributed by atoms with Crippen LogP contribution in [-0.2, 0) is 4.79 Å². The van der Waals surface area contributed by atoms with Gasteiger partial charge in [-0.3, -0.25) is 4.79 Å². The summed E-state index contributed by atoms with van der Waals surface area (Å²) in [7, 11) is 0. The molecule has 2 saturated carbocycles. The lowest BCUT2D eigenvalue weighted by Gasteiger charge is -2.48. The monoisotopic (exact) mass is 348 g/mol. The quantitative estimate of drug-likeness (QED) is 0.526. The minimum atomic E-state index is -2.03. The van der Waals surface area contributed by atoms with Crippen molar-refractivity contribution in [3.05, 3.63) is 23.3 Å². The van der Waals surface area contributed by atoms with Crippen molar-refractivity contribution in [2.75, 3.05) is 6.61 Å². The Bertz CT molecular complexity index is 707. The highest BCUT2D eigenvalue weighted by Gasteiger charge is 2.75. The molecule has 0 amide bonds. The van der Waals surface area contributed by atoms with Crippen LogP contribution in [0.15, 0.2) is 23.3 Å². The third-order valence-electron chi connectivity index (χ3n) is 7.93. The fraction of sp³-hybridized carbons (Fsp3) is 0.750. The number of hydrogen-bond acceptors (Lipinski definition) is 5. The molecule has 4 rings (SSSR count). The molecule has 0 unspecified atom stereocenters. The van der Waals surface area contributed by atoms with Crippen molar-refractivity contribution >= 4 is 5.78 Å². The molecule has 0 aromatic carbocycles. The van der Waals surface area contributed by atoms with Crippen LogP contribution in [-0.4, -0.2) is 50.6 Å². The van der Waals surface area contributed by atoms with Gasteiger partial charge in [-0.1, -0.05) is 32.9 Å². The Morgan fingerprint density at radius 2 is 1.88 bits per heavy atom. The van der Waals surface area contributed by atoms with Crippen LogP contribution < -0.4 is 0 Å². The molecule has 0 aliphatic heterocycles. The van der Waals surface area contributed by atoms with Crippen LogP contribution in [0.5, 0.6) is 0 Å². The van der Waals surface area contributed by atoms with E-state index in [-0.39, 0.29) is 28.6 Å². The first-order valence-electron chi connectivity index (χ1n) is 9.18. The van der Waals surface area contributed by atoms with Crippen molar-refractivity contribution in [3.8, 4) is 0 Å². The molecule has 8 atom stereocenters. The van der Waals surface area contributed by atoms with Crippen LogP contribution in [0.2, 0.25) is 0 Å². The Kier molecular flexibility index (Phi) is 3.36. The summed E-state index contributed by atoms with van der Waals surface area (Å²) in [4.78, 5) is 13.7. The Labute approximate surface area is 148 Å². The van der Waals surface area contributed by atoms with Gasteiger partial charge in [-0.15, -0.1) is 0 Å². The Hall–Kier alpha value is -1.01. The van der Waals surface area contributed by atoms with Crippen LogP contribution in [0.4, 0.5) is 0 Å². The standard InChI is InChI=1S/C20H28O5/c1-9-7-19-10(2)5-13-14(18(13,3)4)12(17(19)24)6-11(8-21)16(23)20(19,25)15(9)22/h6-7,10,12-16,21-23,25H,5,8H2,1-4H3/t10-,12-,13-,14+,15+,16-,19-,20-/m1/s1. The molecule has 0 radical (unpaired) electrons. The molecule has 4 aliphatic carbocycles. The summed E-state index contributed by atoms with van der Waals surface area (Å²) < 4.78 is 0. The molecule has 4 N–H and O–H groups in total. The zero-order valence-corrected chi connectivity index (χ0v) is 15.2. The largest absolute Gasteiger partial charge is 0.392 e. The van der Waals surface area contributed by atoms with E-state index in [9.17, 15) is 25.2 Å². The van der Waals surface area contributed by atoms with Crippen LogP contribution in [0, 0.1) is 34.5 Å². The highest BCUT2D eigenvalue weighted by Crippen LogP contribution is 2.71. The summed E-state index contributed by atoms with van der Waals surface area (Å²) in [5.41, 5.74) is -2.58. The summed E-state index contributed by atoms with van der Waals surface area (Å²) in [5, 5.41) is 43.0. The number of aliphatic hydroxyl groups excluding tert-OH is 3. The van der Waals surface area contributed by atoms with E-state index in [1.54, 1.807) is 19.1 Å². The second-order valence-corrected chi connectivity index (χ2v) is 9.27. The van der Waals surface area contributed by atoms with Crippen molar-refractivity contribution in [2.45, 2.75) is 51.9 Å². The maximum Gasteiger partial charge on any atom is 0.153 e. The van der Waals surface area contributed by atoms with Gasteiger partial charge in [-0.05, 0) is 47.7 Å². The number of allylic oxidation sites excluding steroid dienone is 1. The van der Waals surface area contributed by atoms with Crippen molar-refractivity contribution in [3.63, 3.8) is 0 Å². The third-order valence-corrected chi connectivity index (χ3v) is 7.93. The summed E-state index contributed by atoms with van der Waals surface area (Å²) in [6.45, 7) is 7.50. The molecule has 1 spiro atoms. The van der Waals surface area contributed by atoms with E-state index in [1.807, 2.05) is 6.92 Å². The second kappa shape index (κ2) is 4.83. The molecule has 0 heterocycles. The molecule has 25 heavy (non-hydrogen) atoms. The minimum Gasteiger partial charge on any atom is -0.392 e. The molecule has 5 heteroatoms. The van der Waals surface area contributed by atoms with Crippen LogP contribution in [0.1, 0.15) is 34.1 Å². The van der Waals surface area contributed by atoms with E-state index in [4.69, 9.17) is 0 Å². The van der Waals surface area contributed by atoms with Gasteiger partial charge in [0.15, 0.2) is 5.78 Å². The lowest BCUT2D eigenvalue weighted by Crippen LogP contribution is -2.65. The number of hydrogen-bond donors (Lipinski definition) is 4. The van der Waals surface area contributed by atoms with Crippen LogP contribution >= 0.6 is 0 Å². The zero-order chi connectivity index (χ0) is 18.5. The minimum absolute atomic E-state index is 0.0245. The van der Waals surface area contributed by atoms with Gasteiger partial charge in [0.1, 0.15) is 17.8 Å². The maximum absolute atomic E-state index is 13.7. The molecule has 0 aromatic rings. The molecule has 0 saturated heterocycles. The lowest BCUT2D eigenvalue weighted by molar-refractivity contribution is -0.190. The van der Waals surface area contributed by atoms with E-state index >= 15 is 0 Å². The fourth-order valence-corrected chi connectivity index (χ4v) is 6.43. The van der Waals surface area contributed by atoms with E-state index in [0.717, 1.165) is 6.42 Å². The van der Waals surface area contributed by atoms with Crippen molar-refractivity contribution in [1.29, 1.82) is 0 Å². The smallest absolute Gasteiger partial charge is 0.153 e. The van der Waals surface area contributed by atoms with E-state index < -0.39 is 35.7 Å². The summed E-state index contributed by atoms with van der Waals surface area (Å²) in [6, 6.07) is 0. The normalized spacial score (nSPS) is 53.2. The van der Waals surface area contributed by atoms with E-state index in [2.05, 4.69) is 13.8 Å². The van der Waals surface area contributed by atoms with Gasteiger partial charge >= 0.3 is 0 Å². The summed E-state index contributed by atoms with van der Waals surface area (Å²) >= 11 is 0. The number of Topliss-reactive ketones (excluding diaryl/α,β-unsaturated/α-hetero) is 1. The fourth-order valence-electron chi connectivity index (χ4n) is 6.43. The predicted octanol–water partition coefficient (Wildman–Crippen LogP) is 0.815.